The smallest absolute Gasteiger partial charge is 0.349 e. The Balaban J connectivity index is 1.77. The highest BCUT2D eigenvalue weighted by molar-refractivity contribution is 6.37. The van der Waals surface area contributed by atoms with Gasteiger partial charge in [-0.3, -0.25) is 9.78 Å². The molecule has 0 aliphatic rings. The zero-order valence-corrected chi connectivity index (χ0v) is 17.3. The van der Waals surface area contributed by atoms with Gasteiger partial charge >= 0.3 is 5.69 Å². The van der Waals surface area contributed by atoms with Gasteiger partial charge in [0.15, 0.2) is 5.75 Å². The maximum absolute atomic E-state index is 12.0. The number of rotatable bonds is 4. The Bertz CT molecular complexity index is 1370. The molecule has 0 atom stereocenters. The molecule has 4 rings (SSSR count). The Morgan fingerprint density at radius 1 is 1.17 bits per heavy atom. The van der Waals surface area contributed by atoms with Crippen molar-refractivity contribution < 1.29 is 4.74 Å². The molecule has 0 amide bonds. The summed E-state index contributed by atoms with van der Waals surface area (Å²) in [6.07, 6.45) is 3.28. The third-order valence-corrected chi connectivity index (χ3v) is 4.87. The molecule has 12 heteroatoms. The SMILES string of the molecule is CC(C)n1ccc2c(Oc3c(Cl)cc(-n4nc(N)c(=O)[nH]c4=O)cc3Cl)ncnc21. The van der Waals surface area contributed by atoms with E-state index in [2.05, 4.69) is 20.1 Å². The third-order valence-electron chi connectivity index (χ3n) is 4.31. The van der Waals surface area contributed by atoms with Crippen LogP contribution in [0.3, 0.4) is 0 Å². The van der Waals surface area contributed by atoms with Gasteiger partial charge in [0.1, 0.15) is 12.0 Å². The molecule has 10 nitrogen and oxygen atoms in total. The molecule has 0 unspecified atom stereocenters. The number of nitrogens with zero attached hydrogens (tertiary/aromatic N) is 5. The van der Waals surface area contributed by atoms with Crippen molar-refractivity contribution in [2.24, 2.45) is 0 Å². The standard InChI is InChI=1S/C18H15Cl2N7O3/c1-8(2)26-4-3-10-15(26)22-7-23-17(10)30-13-11(19)5-9(6-12(13)20)27-18(29)24-16(28)14(21)25-27/h3-8H,1-2H3,(H2,21,25)(H,24,28,29). The molecule has 0 bridgehead atoms. The largest absolute Gasteiger partial charge is 0.435 e. The van der Waals surface area contributed by atoms with E-state index in [1.807, 2.05) is 30.7 Å². The van der Waals surface area contributed by atoms with Crippen LogP contribution in [0.1, 0.15) is 19.9 Å². The van der Waals surface area contributed by atoms with Crippen LogP contribution in [-0.4, -0.2) is 29.3 Å². The number of hydrogen-bond acceptors (Lipinski definition) is 7. The normalized spacial score (nSPS) is 11.4. The van der Waals surface area contributed by atoms with Crippen molar-refractivity contribution in [3.05, 3.63) is 61.6 Å². The number of ether oxygens (including phenoxy) is 1. The molecular formula is C18H15Cl2N7O3. The zero-order valence-electron chi connectivity index (χ0n) is 15.8. The van der Waals surface area contributed by atoms with E-state index in [1.165, 1.54) is 18.5 Å². The summed E-state index contributed by atoms with van der Waals surface area (Å²) < 4.78 is 8.75. The number of nitrogens with two attached hydrogens (primary N) is 1. The van der Waals surface area contributed by atoms with Crippen LogP contribution in [0.2, 0.25) is 10.0 Å². The number of halogens is 2. The highest BCUT2D eigenvalue weighted by atomic mass is 35.5. The van der Waals surface area contributed by atoms with Crippen LogP contribution in [0.15, 0.2) is 40.3 Å². The van der Waals surface area contributed by atoms with Crippen molar-refractivity contribution in [1.82, 2.24) is 29.3 Å². The Morgan fingerprint density at radius 3 is 2.53 bits per heavy atom. The molecule has 4 aromatic rings. The summed E-state index contributed by atoms with van der Waals surface area (Å²) in [6, 6.07) is 4.86. The maximum atomic E-state index is 12.0. The minimum absolute atomic E-state index is 0.103. The van der Waals surface area contributed by atoms with Gasteiger partial charge < -0.3 is 15.0 Å². The van der Waals surface area contributed by atoms with Gasteiger partial charge in [0, 0.05) is 12.2 Å². The number of H-pyrrole nitrogens is 1. The number of nitrogens with one attached hydrogen (secondary N) is 1. The lowest BCUT2D eigenvalue weighted by Gasteiger charge is -2.13. The van der Waals surface area contributed by atoms with E-state index in [0.29, 0.717) is 11.0 Å². The minimum atomic E-state index is -0.789. The molecule has 0 saturated carbocycles. The predicted octanol–water partition coefficient (Wildman–Crippen LogP) is 2.93. The average molecular weight is 448 g/mol. The lowest BCUT2D eigenvalue weighted by Crippen LogP contribution is -2.33. The Kier molecular flexibility index (Phi) is 4.96. The van der Waals surface area contributed by atoms with Crippen molar-refractivity contribution in [3.8, 4) is 17.3 Å². The van der Waals surface area contributed by atoms with Gasteiger partial charge in [-0.15, -0.1) is 5.10 Å². The van der Waals surface area contributed by atoms with Gasteiger partial charge in [-0.05, 0) is 32.0 Å². The van der Waals surface area contributed by atoms with Gasteiger partial charge in [0.2, 0.25) is 11.7 Å². The summed E-state index contributed by atoms with van der Waals surface area (Å²) in [5.41, 5.74) is 4.82. The van der Waals surface area contributed by atoms with Crippen molar-refractivity contribution in [3.63, 3.8) is 0 Å². The van der Waals surface area contributed by atoms with Crippen molar-refractivity contribution >= 4 is 40.1 Å². The number of hydrogen-bond donors (Lipinski definition) is 2. The van der Waals surface area contributed by atoms with Crippen molar-refractivity contribution in [2.75, 3.05) is 5.73 Å². The quantitative estimate of drug-likeness (QED) is 0.490. The van der Waals surface area contributed by atoms with E-state index in [0.717, 1.165) is 4.68 Å². The van der Waals surface area contributed by atoms with Gasteiger partial charge in [0.25, 0.3) is 5.56 Å². The molecule has 0 spiro atoms. The van der Waals surface area contributed by atoms with Gasteiger partial charge in [0.05, 0.1) is 21.1 Å². The Labute approximate surface area is 178 Å². The Hall–Kier alpha value is -3.37. The number of nitrogen functional groups attached to an aromatic ring is 1. The van der Waals surface area contributed by atoms with Crippen LogP contribution >= 0.6 is 23.2 Å². The molecule has 0 saturated heterocycles. The first-order valence-corrected chi connectivity index (χ1v) is 9.49. The average Bonchev–Trinajstić information content (AvgIpc) is 3.12. The topological polar surface area (TPSA) is 134 Å². The van der Waals surface area contributed by atoms with Crippen LogP contribution < -0.4 is 21.7 Å². The fourth-order valence-electron chi connectivity index (χ4n) is 2.90. The molecule has 1 aromatic carbocycles. The van der Waals surface area contributed by atoms with Crippen LogP contribution in [0.5, 0.6) is 11.6 Å². The first-order valence-electron chi connectivity index (χ1n) is 8.74. The summed E-state index contributed by atoms with van der Waals surface area (Å²) >= 11 is 12.7. The molecule has 0 aliphatic heterocycles. The number of aromatic amines is 1. The second-order valence-corrected chi connectivity index (χ2v) is 7.44. The van der Waals surface area contributed by atoms with Crippen molar-refractivity contribution in [1.29, 1.82) is 0 Å². The first kappa shape index (κ1) is 19.9. The van der Waals surface area contributed by atoms with Crippen LogP contribution in [0, 0.1) is 0 Å². The second kappa shape index (κ2) is 7.47. The molecule has 0 fully saturated rings. The molecule has 3 N–H and O–H groups in total. The lowest BCUT2D eigenvalue weighted by molar-refractivity contribution is 0.468. The van der Waals surface area contributed by atoms with E-state index in [4.69, 9.17) is 33.7 Å². The summed E-state index contributed by atoms with van der Waals surface area (Å²) in [4.78, 5) is 34.0. The minimum Gasteiger partial charge on any atom is -0.435 e. The van der Waals surface area contributed by atoms with E-state index in [1.54, 1.807) is 0 Å². The first-order chi connectivity index (χ1) is 14.3. The summed E-state index contributed by atoms with van der Waals surface area (Å²) in [7, 11) is 0. The Morgan fingerprint density at radius 2 is 1.87 bits per heavy atom. The predicted molar refractivity (Wildman–Crippen MR) is 113 cm³/mol. The molecule has 0 aliphatic carbocycles. The van der Waals surface area contributed by atoms with Crippen LogP contribution in [-0.2, 0) is 0 Å². The van der Waals surface area contributed by atoms with Crippen molar-refractivity contribution in [2.45, 2.75) is 19.9 Å². The highest BCUT2D eigenvalue weighted by Gasteiger charge is 2.17. The highest BCUT2D eigenvalue weighted by Crippen LogP contribution is 2.39. The van der Waals surface area contributed by atoms with E-state index < -0.39 is 11.2 Å². The van der Waals surface area contributed by atoms with Crippen LogP contribution in [0.4, 0.5) is 5.82 Å². The number of fused-ring (bicyclic) bond motifs is 1. The summed E-state index contributed by atoms with van der Waals surface area (Å²) in [6.45, 7) is 4.07. The lowest BCUT2D eigenvalue weighted by atomic mass is 10.3. The van der Waals surface area contributed by atoms with E-state index in [9.17, 15) is 9.59 Å². The van der Waals surface area contributed by atoms with Gasteiger partial charge in [-0.25, -0.2) is 14.8 Å². The molecule has 154 valence electrons. The third kappa shape index (κ3) is 3.40. The van der Waals surface area contributed by atoms with Crippen LogP contribution in [0.25, 0.3) is 16.7 Å². The molecule has 3 heterocycles. The zero-order chi connectivity index (χ0) is 21.6. The van der Waals surface area contributed by atoms with E-state index in [-0.39, 0.29) is 39.2 Å². The van der Waals surface area contributed by atoms with Gasteiger partial charge in [-0.1, -0.05) is 23.2 Å². The summed E-state index contributed by atoms with van der Waals surface area (Å²) in [5.74, 6) is 0.0459. The fraction of sp³-hybridized carbons (Fsp3) is 0.167. The molecule has 0 radical (unpaired) electrons. The molecule has 3 aromatic heterocycles. The van der Waals surface area contributed by atoms with E-state index >= 15 is 0 Å². The number of aromatic nitrogens is 6. The van der Waals surface area contributed by atoms with Gasteiger partial charge in [-0.2, -0.15) is 4.68 Å². The fourth-order valence-corrected chi connectivity index (χ4v) is 3.45. The molecular weight excluding hydrogens is 433 g/mol. The summed E-state index contributed by atoms with van der Waals surface area (Å²) in [5, 5.41) is 4.65. The maximum Gasteiger partial charge on any atom is 0.349 e. The number of benzene rings is 1. The monoisotopic (exact) mass is 447 g/mol. The second-order valence-electron chi connectivity index (χ2n) is 6.63. The number of anilines is 1. The molecule has 30 heavy (non-hydrogen) atoms.